The van der Waals surface area contributed by atoms with Crippen LogP contribution in [0.2, 0.25) is 0 Å². The van der Waals surface area contributed by atoms with Crippen LogP contribution in [-0.2, 0) is 14.3 Å². The fourth-order valence-corrected chi connectivity index (χ4v) is 8.22. The Morgan fingerprint density at radius 1 is 0.458 bits per heavy atom. The summed E-state index contributed by atoms with van der Waals surface area (Å²) in [6, 6.07) is -0.627. The molecule has 0 spiro atoms. The van der Waals surface area contributed by atoms with E-state index in [1.54, 1.807) is 6.08 Å². The third-order valence-electron chi connectivity index (χ3n) is 12.3. The fraction of sp³-hybridized carbons (Fsp3) is 0.925. The van der Waals surface area contributed by atoms with Gasteiger partial charge in [0.05, 0.1) is 25.4 Å². The average molecular weight is 834 g/mol. The zero-order valence-corrected chi connectivity index (χ0v) is 39.7. The molecular formula is C53H103NO5. The highest BCUT2D eigenvalue weighted by Gasteiger charge is 2.18. The van der Waals surface area contributed by atoms with Crippen LogP contribution < -0.4 is 5.32 Å². The predicted octanol–water partition coefficient (Wildman–Crippen LogP) is 15.7. The fourth-order valence-electron chi connectivity index (χ4n) is 8.22. The lowest BCUT2D eigenvalue weighted by Crippen LogP contribution is -2.45. The largest absolute Gasteiger partial charge is 0.466 e. The minimum atomic E-state index is -0.844. The van der Waals surface area contributed by atoms with Crippen LogP contribution in [0.4, 0.5) is 0 Å². The number of carbonyl (C=O) groups excluding carboxylic acids is 2. The molecule has 2 unspecified atom stereocenters. The van der Waals surface area contributed by atoms with Gasteiger partial charge in [0.15, 0.2) is 0 Å². The van der Waals surface area contributed by atoms with Gasteiger partial charge < -0.3 is 20.3 Å². The summed E-state index contributed by atoms with van der Waals surface area (Å²) >= 11 is 0. The van der Waals surface area contributed by atoms with Crippen molar-refractivity contribution in [3.8, 4) is 0 Å². The minimum Gasteiger partial charge on any atom is -0.466 e. The number of carbonyl (C=O) groups is 2. The van der Waals surface area contributed by atoms with Gasteiger partial charge in [0.2, 0.25) is 5.91 Å². The second-order valence-corrected chi connectivity index (χ2v) is 18.2. The number of ether oxygens (including phenoxy) is 1. The summed E-state index contributed by atoms with van der Waals surface area (Å²) in [5.41, 5.74) is 0. The molecule has 0 aromatic rings. The quantitative estimate of drug-likeness (QED) is 0.0322. The number of hydrogen-bond donors (Lipinski definition) is 3. The second-order valence-electron chi connectivity index (χ2n) is 18.2. The van der Waals surface area contributed by atoms with Gasteiger partial charge in [0.25, 0.3) is 0 Å². The van der Waals surface area contributed by atoms with E-state index in [1.165, 1.54) is 225 Å². The van der Waals surface area contributed by atoms with Gasteiger partial charge in [-0.3, -0.25) is 9.59 Å². The second kappa shape index (κ2) is 49.3. The highest BCUT2D eigenvalue weighted by Crippen LogP contribution is 2.17. The van der Waals surface area contributed by atoms with Crippen molar-refractivity contribution in [2.45, 2.75) is 302 Å². The first kappa shape index (κ1) is 57.6. The Morgan fingerprint density at radius 3 is 1.15 bits per heavy atom. The molecule has 3 N–H and O–H groups in total. The van der Waals surface area contributed by atoms with E-state index in [-0.39, 0.29) is 18.5 Å². The molecule has 0 heterocycles. The molecule has 0 saturated heterocycles. The first-order chi connectivity index (χ1) is 29.0. The predicted molar refractivity (Wildman–Crippen MR) is 255 cm³/mol. The molecule has 0 rings (SSSR count). The molecule has 1 amide bonds. The van der Waals surface area contributed by atoms with Crippen LogP contribution in [0.5, 0.6) is 0 Å². The summed E-state index contributed by atoms with van der Waals surface area (Å²) in [6.45, 7) is 4.89. The van der Waals surface area contributed by atoms with Crippen molar-refractivity contribution in [3.05, 3.63) is 12.2 Å². The Balaban J connectivity index is 3.41. The van der Waals surface area contributed by atoms with E-state index < -0.39 is 12.1 Å². The van der Waals surface area contributed by atoms with Gasteiger partial charge in [0.1, 0.15) is 0 Å². The third-order valence-corrected chi connectivity index (χ3v) is 12.3. The maximum Gasteiger partial charge on any atom is 0.305 e. The molecule has 0 bridgehead atoms. The number of allylic oxidation sites excluding steroid dienone is 1. The Morgan fingerprint density at radius 2 is 0.780 bits per heavy atom. The van der Waals surface area contributed by atoms with Crippen molar-refractivity contribution in [2.24, 2.45) is 0 Å². The van der Waals surface area contributed by atoms with Crippen LogP contribution in [-0.4, -0.2) is 47.4 Å². The lowest BCUT2D eigenvalue weighted by Gasteiger charge is -2.20. The van der Waals surface area contributed by atoms with E-state index in [9.17, 15) is 19.8 Å². The Bertz CT molecular complexity index is 878. The van der Waals surface area contributed by atoms with Crippen molar-refractivity contribution in [3.63, 3.8) is 0 Å². The van der Waals surface area contributed by atoms with Gasteiger partial charge in [-0.15, -0.1) is 0 Å². The topological polar surface area (TPSA) is 95.9 Å². The number of hydrogen-bond acceptors (Lipinski definition) is 5. The van der Waals surface area contributed by atoms with Gasteiger partial charge in [-0.25, -0.2) is 0 Å². The molecule has 59 heavy (non-hydrogen) atoms. The maximum atomic E-state index is 12.4. The smallest absolute Gasteiger partial charge is 0.305 e. The number of nitrogens with one attached hydrogen (secondary N) is 1. The van der Waals surface area contributed by atoms with Crippen LogP contribution in [0, 0.1) is 0 Å². The highest BCUT2D eigenvalue weighted by molar-refractivity contribution is 5.76. The SMILES string of the molecule is CCCCCCCCCCCC/C=C/C(O)C(CO)NC(=O)CCCCCCCCCCCCCCCCCCCCCOC(=O)CCCCCCCCCCCCC. The lowest BCUT2D eigenvalue weighted by atomic mass is 10.0. The molecule has 6 heteroatoms. The van der Waals surface area contributed by atoms with Crippen molar-refractivity contribution >= 4 is 11.9 Å². The van der Waals surface area contributed by atoms with Crippen molar-refractivity contribution in [1.29, 1.82) is 0 Å². The van der Waals surface area contributed by atoms with Crippen molar-refractivity contribution in [2.75, 3.05) is 13.2 Å². The summed E-state index contributed by atoms with van der Waals surface area (Å²) in [5, 5.41) is 23.0. The lowest BCUT2D eigenvalue weighted by molar-refractivity contribution is -0.143. The van der Waals surface area contributed by atoms with E-state index in [4.69, 9.17) is 4.74 Å². The summed E-state index contributed by atoms with van der Waals surface area (Å²) < 4.78 is 5.46. The highest BCUT2D eigenvalue weighted by atomic mass is 16.5. The number of rotatable bonds is 49. The van der Waals surface area contributed by atoms with Crippen LogP contribution >= 0.6 is 0 Å². The number of aliphatic hydroxyl groups excluding tert-OH is 2. The summed E-state index contributed by atoms with van der Waals surface area (Å²) in [5.74, 6) is -0.0629. The zero-order valence-electron chi connectivity index (χ0n) is 39.7. The molecule has 0 saturated carbocycles. The number of aliphatic hydroxyl groups is 2. The van der Waals surface area contributed by atoms with Gasteiger partial charge in [-0.1, -0.05) is 257 Å². The van der Waals surface area contributed by atoms with Crippen molar-refractivity contribution < 1.29 is 24.5 Å². The molecule has 6 nitrogen and oxygen atoms in total. The summed E-state index contributed by atoms with van der Waals surface area (Å²) in [7, 11) is 0. The van der Waals surface area contributed by atoms with Crippen LogP contribution in [0.3, 0.4) is 0 Å². The number of amides is 1. The number of esters is 1. The summed E-state index contributed by atoms with van der Waals surface area (Å²) in [4.78, 5) is 24.4. The Hall–Kier alpha value is -1.40. The minimum absolute atomic E-state index is 0.00795. The molecule has 2 atom stereocenters. The normalized spacial score (nSPS) is 12.7. The van der Waals surface area contributed by atoms with E-state index >= 15 is 0 Å². The third kappa shape index (κ3) is 45.9. The van der Waals surface area contributed by atoms with E-state index in [0.717, 1.165) is 38.5 Å². The van der Waals surface area contributed by atoms with Crippen LogP contribution in [0.15, 0.2) is 12.2 Å². The molecule has 0 aromatic carbocycles. The molecule has 350 valence electrons. The maximum absolute atomic E-state index is 12.4. The molecule has 0 radical (unpaired) electrons. The molecular weight excluding hydrogens is 731 g/mol. The van der Waals surface area contributed by atoms with Crippen LogP contribution in [0.25, 0.3) is 0 Å². The van der Waals surface area contributed by atoms with Crippen LogP contribution in [0.1, 0.15) is 290 Å². The van der Waals surface area contributed by atoms with Crippen molar-refractivity contribution in [1.82, 2.24) is 5.32 Å². The molecule has 0 fully saturated rings. The number of unbranched alkanes of at least 4 members (excludes halogenated alkanes) is 38. The molecule has 0 aliphatic heterocycles. The van der Waals surface area contributed by atoms with E-state index in [2.05, 4.69) is 19.2 Å². The average Bonchev–Trinajstić information content (AvgIpc) is 3.24. The van der Waals surface area contributed by atoms with Gasteiger partial charge in [0, 0.05) is 12.8 Å². The molecule has 0 aliphatic carbocycles. The van der Waals surface area contributed by atoms with E-state index in [1.807, 2.05) is 6.08 Å². The molecule has 0 aromatic heterocycles. The van der Waals surface area contributed by atoms with Gasteiger partial charge in [-0.05, 0) is 32.1 Å². The Kier molecular flexibility index (Phi) is 48.1. The standard InChI is InChI=1S/C53H103NO5/c1-3-5-7-9-11-13-15-26-29-33-37-41-45-51(56)50(49-55)54-52(57)46-42-38-34-30-27-23-21-19-17-16-18-20-22-24-28-32-36-40-44-48-59-53(58)47-43-39-35-31-25-14-12-10-8-6-4-2/h41,45,50-51,55-56H,3-40,42-44,46-49H2,1-2H3,(H,54,57)/b45-41+. The Labute approximate surface area is 368 Å². The first-order valence-corrected chi connectivity index (χ1v) is 26.5. The van der Waals surface area contributed by atoms with E-state index in [0.29, 0.717) is 19.4 Å². The summed E-state index contributed by atoms with van der Waals surface area (Å²) in [6.07, 6.45) is 56.5. The zero-order chi connectivity index (χ0) is 43.0. The van der Waals surface area contributed by atoms with Gasteiger partial charge >= 0.3 is 5.97 Å². The molecule has 0 aliphatic rings. The monoisotopic (exact) mass is 834 g/mol. The van der Waals surface area contributed by atoms with Gasteiger partial charge in [-0.2, -0.15) is 0 Å². The first-order valence-electron chi connectivity index (χ1n) is 26.5.